The molecule has 4 amide bonds. The standard InChI is InChI=1S/C32H35N5O5/c1-31(9-11-36(12-10-31)30(41)32-14-21(15-32)42-18-32)34-17-19(16-33)13-20-5-6-24-27-22(20)3-2-4-23(27)29(40)37(24)25-7-8-26(38)35-28(25)39/h2-6,16-17,21,25,33-34H,7-15,18H2,1H3,(H,35,38,39)/b19-17-,33-16?/t21?,25-,32?/m0/s1. The van der Waals surface area contributed by atoms with Crippen LogP contribution in [-0.4, -0.2) is 72.1 Å². The van der Waals surface area contributed by atoms with Gasteiger partial charge in [-0.05, 0) is 67.7 Å². The smallest absolute Gasteiger partial charge is 0.259 e. The van der Waals surface area contributed by atoms with Crippen molar-refractivity contribution in [3.05, 3.63) is 53.2 Å². The van der Waals surface area contributed by atoms with Gasteiger partial charge in [0.05, 0.1) is 23.8 Å². The minimum Gasteiger partial charge on any atom is -0.385 e. The van der Waals surface area contributed by atoms with Crippen molar-refractivity contribution in [2.24, 2.45) is 5.41 Å². The largest absolute Gasteiger partial charge is 0.385 e. The number of allylic oxidation sites excluding steroid dienone is 1. The number of rotatable bonds is 7. The average Bonchev–Trinajstić information content (AvgIpc) is 3.66. The number of carbonyl (C=O) groups excluding carboxylic acids is 4. The van der Waals surface area contributed by atoms with Gasteiger partial charge in [0.2, 0.25) is 17.7 Å². The molecule has 2 aromatic carbocycles. The SMILES string of the molecule is CC1(N/C=C(\C=N)Cc2ccc3c4c(cccc24)C(=O)N3[C@H]2CCC(=O)NC2=O)CCN(C(=O)C23COC(C2)C3)CC1. The number of fused-ring (bicyclic) bond motifs is 1. The van der Waals surface area contributed by atoms with Gasteiger partial charge in [-0.25, -0.2) is 0 Å². The molecule has 4 saturated heterocycles. The molecular weight excluding hydrogens is 534 g/mol. The fourth-order valence-corrected chi connectivity index (χ4v) is 7.33. The fraction of sp³-hybridized carbons (Fsp3) is 0.469. The highest BCUT2D eigenvalue weighted by molar-refractivity contribution is 6.27. The number of ether oxygens (including phenoxy) is 1. The van der Waals surface area contributed by atoms with Gasteiger partial charge < -0.3 is 20.4 Å². The van der Waals surface area contributed by atoms with Crippen LogP contribution in [0.2, 0.25) is 0 Å². The highest BCUT2D eigenvalue weighted by Gasteiger charge is 2.58. The van der Waals surface area contributed by atoms with Crippen molar-refractivity contribution < 1.29 is 23.9 Å². The minimum absolute atomic E-state index is 0.187. The molecule has 218 valence electrons. The van der Waals surface area contributed by atoms with E-state index in [-0.39, 0.29) is 41.2 Å². The van der Waals surface area contributed by atoms with E-state index in [0.717, 1.165) is 47.6 Å². The van der Waals surface area contributed by atoms with Gasteiger partial charge in [-0.15, -0.1) is 0 Å². The molecule has 0 aromatic heterocycles. The first-order valence-electron chi connectivity index (χ1n) is 14.8. The molecule has 42 heavy (non-hydrogen) atoms. The molecule has 3 N–H and O–H groups in total. The summed E-state index contributed by atoms with van der Waals surface area (Å²) in [7, 11) is 0. The summed E-state index contributed by atoms with van der Waals surface area (Å²) in [4.78, 5) is 54.4. The van der Waals surface area contributed by atoms with Gasteiger partial charge in [0, 0.05) is 54.8 Å². The van der Waals surface area contributed by atoms with Gasteiger partial charge >= 0.3 is 0 Å². The van der Waals surface area contributed by atoms with E-state index in [9.17, 15) is 19.2 Å². The third-order valence-electron chi connectivity index (χ3n) is 9.97. The van der Waals surface area contributed by atoms with Crippen LogP contribution >= 0.6 is 0 Å². The predicted octanol–water partition coefficient (Wildman–Crippen LogP) is 2.83. The van der Waals surface area contributed by atoms with Crippen molar-refractivity contribution >= 4 is 46.3 Å². The Morgan fingerprint density at radius 3 is 2.64 bits per heavy atom. The zero-order valence-electron chi connectivity index (χ0n) is 23.7. The monoisotopic (exact) mass is 569 g/mol. The zero-order chi connectivity index (χ0) is 29.2. The first kappa shape index (κ1) is 26.8. The molecule has 1 saturated carbocycles. The molecule has 1 aliphatic carbocycles. The predicted molar refractivity (Wildman–Crippen MR) is 156 cm³/mol. The average molecular weight is 570 g/mol. The second-order valence-electron chi connectivity index (χ2n) is 12.8. The summed E-state index contributed by atoms with van der Waals surface area (Å²) in [6.07, 6.45) is 7.89. The number of imide groups is 1. The summed E-state index contributed by atoms with van der Waals surface area (Å²) in [5, 5.41) is 15.7. The van der Waals surface area contributed by atoms with Crippen molar-refractivity contribution in [3.63, 3.8) is 0 Å². The molecule has 6 aliphatic rings. The lowest BCUT2D eigenvalue weighted by Gasteiger charge is -2.44. The van der Waals surface area contributed by atoms with Gasteiger partial charge in [0.15, 0.2) is 0 Å². The third-order valence-corrected chi connectivity index (χ3v) is 9.97. The van der Waals surface area contributed by atoms with E-state index in [1.807, 2.05) is 35.4 Å². The van der Waals surface area contributed by atoms with E-state index >= 15 is 0 Å². The Bertz CT molecular complexity index is 1560. The molecule has 10 heteroatoms. The maximum Gasteiger partial charge on any atom is 0.259 e. The Hall–Kier alpha value is -4.05. The van der Waals surface area contributed by atoms with Crippen LogP contribution in [-0.2, 0) is 25.5 Å². The number of benzene rings is 2. The molecule has 10 nitrogen and oxygen atoms in total. The number of hydrogen-bond donors (Lipinski definition) is 3. The molecule has 2 bridgehead atoms. The molecule has 5 aliphatic heterocycles. The fourth-order valence-electron chi connectivity index (χ4n) is 7.33. The quantitative estimate of drug-likeness (QED) is 0.347. The van der Waals surface area contributed by atoms with Crippen LogP contribution < -0.4 is 15.5 Å². The van der Waals surface area contributed by atoms with E-state index in [0.29, 0.717) is 43.8 Å². The Kier molecular flexibility index (Phi) is 6.23. The summed E-state index contributed by atoms with van der Waals surface area (Å²) < 4.78 is 5.66. The Labute approximate surface area is 243 Å². The van der Waals surface area contributed by atoms with Crippen molar-refractivity contribution in [1.82, 2.24) is 15.5 Å². The summed E-state index contributed by atoms with van der Waals surface area (Å²) in [6.45, 7) is 4.13. The summed E-state index contributed by atoms with van der Waals surface area (Å²) >= 11 is 0. The zero-order valence-corrected chi connectivity index (χ0v) is 23.7. The third kappa shape index (κ3) is 4.22. The lowest BCUT2D eigenvalue weighted by atomic mass is 9.69. The molecule has 8 rings (SSSR count). The van der Waals surface area contributed by atoms with Crippen molar-refractivity contribution in [1.29, 1.82) is 5.41 Å². The Morgan fingerprint density at radius 1 is 1.17 bits per heavy atom. The van der Waals surface area contributed by atoms with Crippen molar-refractivity contribution in [2.75, 3.05) is 24.6 Å². The molecule has 5 fully saturated rings. The van der Waals surface area contributed by atoms with E-state index in [1.54, 1.807) is 6.07 Å². The summed E-state index contributed by atoms with van der Waals surface area (Å²) in [5.74, 6) is -0.751. The number of likely N-dealkylation sites (tertiary alicyclic amines) is 1. The van der Waals surface area contributed by atoms with Gasteiger partial charge in [-0.3, -0.25) is 29.4 Å². The van der Waals surface area contributed by atoms with Crippen LogP contribution in [0.3, 0.4) is 0 Å². The van der Waals surface area contributed by atoms with Crippen LogP contribution in [0, 0.1) is 10.8 Å². The lowest BCUT2D eigenvalue weighted by molar-refractivity contribution is -0.146. The number of nitrogens with one attached hydrogen (secondary N) is 3. The topological polar surface area (TPSA) is 132 Å². The highest BCUT2D eigenvalue weighted by Crippen LogP contribution is 2.51. The minimum atomic E-state index is -0.725. The number of nitrogens with zero attached hydrogens (tertiary/aromatic N) is 2. The molecule has 0 unspecified atom stereocenters. The summed E-state index contributed by atoms with van der Waals surface area (Å²) in [5.41, 5.74) is 2.53. The normalized spacial score (nSPS) is 28.1. The Balaban J connectivity index is 1.07. The van der Waals surface area contributed by atoms with E-state index in [2.05, 4.69) is 17.6 Å². The van der Waals surface area contributed by atoms with Crippen LogP contribution in [0.25, 0.3) is 10.8 Å². The summed E-state index contributed by atoms with van der Waals surface area (Å²) in [6, 6.07) is 8.70. The Morgan fingerprint density at radius 2 is 1.95 bits per heavy atom. The van der Waals surface area contributed by atoms with Gasteiger partial charge in [0.1, 0.15) is 6.04 Å². The lowest BCUT2D eigenvalue weighted by Crippen LogP contribution is -2.56. The number of amides is 4. The number of anilines is 1. The maximum absolute atomic E-state index is 13.4. The van der Waals surface area contributed by atoms with Crippen molar-refractivity contribution in [2.45, 2.75) is 69.6 Å². The maximum atomic E-state index is 13.4. The van der Waals surface area contributed by atoms with Gasteiger partial charge in [-0.2, -0.15) is 0 Å². The van der Waals surface area contributed by atoms with Crippen LogP contribution in [0.15, 0.2) is 42.1 Å². The first-order chi connectivity index (χ1) is 20.2. The van der Waals surface area contributed by atoms with E-state index < -0.39 is 11.9 Å². The van der Waals surface area contributed by atoms with E-state index in [1.165, 1.54) is 11.1 Å². The van der Waals surface area contributed by atoms with E-state index in [4.69, 9.17) is 10.1 Å². The second-order valence-corrected chi connectivity index (χ2v) is 12.8. The first-order valence-corrected chi connectivity index (χ1v) is 14.8. The van der Waals surface area contributed by atoms with Gasteiger partial charge in [0.25, 0.3) is 5.91 Å². The number of hydrogen-bond acceptors (Lipinski definition) is 7. The highest BCUT2D eigenvalue weighted by atomic mass is 16.5. The number of carbonyl (C=O) groups is 4. The van der Waals surface area contributed by atoms with Crippen LogP contribution in [0.4, 0.5) is 5.69 Å². The van der Waals surface area contributed by atoms with Crippen molar-refractivity contribution in [3.8, 4) is 0 Å². The molecule has 1 atom stereocenters. The number of piperidine rings is 2. The molecular formula is C32H35N5O5. The molecule has 5 heterocycles. The molecule has 0 spiro atoms. The van der Waals surface area contributed by atoms with Crippen LogP contribution in [0.1, 0.15) is 61.4 Å². The molecule has 2 aromatic rings. The van der Waals surface area contributed by atoms with Crippen LogP contribution in [0.5, 0.6) is 0 Å². The van der Waals surface area contributed by atoms with Gasteiger partial charge in [-0.1, -0.05) is 18.2 Å². The second kappa shape index (κ2) is 9.76. The molecule has 0 radical (unpaired) electrons.